The monoisotopic (exact) mass is 255 g/mol. The maximum atomic E-state index is 11.9. The van der Waals surface area contributed by atoms with Crippen molar-refractivity contribution in [2.24, 2.45) is 17.6 Å². The summed E-state index contributed by atoms with van der Waals surface area (Å²) in [5.74, 6) is 1.09. The van der Waals surface area contributed by atoms with Crippen molar-refractivity contribution in [1.29, 1.82) is 0 Å². The molecular weight excluding hydrogens is 226 g/mol. The molecule has 106 valence electrons. The van der Waals surface area contributed by atoms with Crippen LogP contribution in [0.5, 0.6) is 0 Å². The van der Waals surface area contributed by atoms with Crippen LogP contribution in [0.25, 0.3) is 0 Å². The highest BCUT2D eigenvalue weighted by molar-refractivity contribution is 5.78. The van der Waals surface area contributed by atoms with Crippen molar-refractivity contribution in [2.75, 3.05) is 32.7 Å². The second-order valence-electron chi connectivity index (χ2n) is 5.57. The normalized spacial score (nSPS) is 22.7. The van der Waals surface area contributed by atoms with E-state index >= 15 is 0 Å². The van der Waals surface area contributed by atoms with Crippen LogP contribution in [0.3, 0.4) is 0 Å². The van der Waals surface area contributed by atoms with Crippen LogP contribution >= 0.6 is 0 Å². The smallest absolute Gasteiger partial charge is 0.224 e. The number of amides is 1. The quantitative estimate of drug-likeness (QED) is 0.719. The van der Waals surface area contributed by atoms with Crippen molar-refractivity contribution >= 4 is 5.91 Å². The predicted molar refractivity (Wildman–Crippen MR) is 75.3 cm³/mol. The van der Waals surface area contributed by atoms with Gasteiger partial charge in [0.05, 0.1) is 5.92 Å². The average molecular weight is 255 g/mol. The Hall–Kier alpha value is -0.610. The number of nitrogens with zero attached hydrogens (tertiary/aromatic N) is 1. The third-order valence-corrected chi connectivity index (χ3v) is 3.67. The van der Waals surface area contributed by atoms with E-state index in [1.165, 1.54) is 12.8 Å². The van der Waals surface area contributed by atoms with Crippen molar-refractivity contribution in [3.8, 4) is 0 Å². The van der Waals surface area contributed by atoms with E-state index in [-0.39, 0.29) is 11.8 Å². The fourth-order valence-corrected chi connectivity index (χ4v) is 2.80. The summed E-state index contributed by atoms with van der Waals surface area (Å²) in [5, 5.41) is 2.91. The minimum absolute atomic E-state index is 0.166. The first-order valence-electron chi connectivity index (χ1n) is 7.37. The molecule has 18 heavy (non-hydrogen) atoms. The summed E-state index contributed by atoms with van der Waals surface area (Å²) in [6.45, 7) is 8.86. The Morgan fingerprint density at radius 2 is 2.33 bits per heavy atom. The SMILES string of the molecule is CCCC(C)CN1CCCC(C(=O)NCCN)C1. The van der Waals surface area contributed by atoms with Gasteiger partial charge < -0.3 is 16.0 Å². The van der Waals surface area contributed by atoms with Crippen molar-refractivity contribution in [3.63, 3.8) is 0 Å². The lowest BCUT2D eigenvalue weighted by Gasteiger charge is -2.33. The first kappa shape index (κ1) is 15.4. The van der Waals surface area contributed by atoms with Gasteiger partial charge in [-0.25, -0.2) is 0 Å². The lowest BCUT2D eigenvalue weighted by atomic mass is 9.95. The number of hydrogen-bond donors (Lipinski definition) is 2. The Labute approximate surface area is 111 Å². The van der Waals surface area contributed by atoms with Crippen molar-refractivity contribution in [2.45, 2.75) is 39.5 Å². The van der Waals surface area contributed by atoms with E-state index in [0.29, 0.717) is 13.1 Å². The molecule has 0 aromatic carbocycles. The Morgan fingerprint density at radius 3 is 3.00 bits per heavy atom. The van der Waals surface area contributed by atoms with Gasteiger partial charge in [-0.3, -0.25) is 4.79 Å². The lowest BCUT2D eigenvalue weighted by Crippen LogP contribution is -2.45. The Morgan fingerprint density at radius 1 is 1.56 bits per heavy atom. The molecular formula is C14H29N3O. The van der Waals surface area contributed by atoms with E-state index in [1.807, 2.05) is 0 Å². The summed E-state index contributed by atoms with van der Waals surface area (Å²) in [6.07, 6.45) is 4.69. The molecule has 1 aliphatic heterocycles. The summed E-state index contributed by atoms with van der Waals surface area (Å²) in [7, 11) is 0. The van der Waals surface area contributed by atoms with Crippen LogP contribution in [-0.4, -0.2) is 43.5 Å². The van der Waals surface area contributed by atoms with Gasteiger partial charge in [-0.2, -0.15) is 0 Å². The van der Waals surface area contributed by atoms with Crippen LogP contribution in [-0.2, 0) is 4.79 Å². The van der Waals surface area contributed by atoms with Gasteiger partial charge in [0.15, 0.2) is 0 Å². The van der Waals surface area contributed by atoms with Gasteiger partial charge in [0.2, 0.25) is 5.91 Å². The third-order valence-electron chi connectivity index (χ3n) is 3.67. The van der Waals surface area contributed by atoms with Gasteiger partial charge in [-0.1, -0.05) is 20.3 Å². The zero-order valence-electron chi connectivity index (χ0n) is 12.0. The fourth-order valence-electron chi connectivity index (χ4n) is 2.80. The number of nitrogens with two attached hydrogens (primary N) is 1. The van der Waals surface area contributed by atoms with E-state index < -0.39 is 0 Å². The summed E-state index contributed by atoms with van der Waals surface area (Å²) in [4.78, 5) is 14.4. The van der Waals surface area contributed by atoms with Gasteiger partial charge in [0.1, 0.15) is 0 Å². The van der Waals surface area contributed by atoms with Gasteiger partial charge in [-0.15, -0.1) is 0 Å². The van der Waals surface area contributed by atoms with Crippen molar-refractivity contribution in [3.05, 3.63) is 0 Å². The first-order chi connectivity index (χ1) is 8.67. The van der Waals surface area contributed by atoms with E-state index in [1.54, 1.807) is 0 Å². The van der Waals surface area contributed by atoms with E-state index in [2.05, 4.69) is 24.1 Å². The van der Waals surface area contributed by atoms with Crippen molar-refractivity contribution in [1.82, 2.24) is 10.2 Å². The van der Waals surface area contributed by atoms with Crippen LogP contribution in [0.2, 0.25) is 0 Å². The number of piperidine rings is 1. The lowest BCUT2D eigenvalue weighted by molar-refractivity contribution is -0.126. The van der Waals surface area contributed by atoms with Crippen LogP contribution in [0, 0.1) is 11.8 Å². The summed E-state index contributed by atoms with van der Waals surface area (Å²) in [6, 6.07) is 0. The maximum Gasteiger partial charge on any atom is 0.224 e. The van der Waals surface area contributed by atoms with Crippen molar-refractivity contribution < 1.29 is 4.79 Å². The molecule has 1 heterocycles. The molecule has 4 nitrogen and oxygen atoms in total. The molecule has 1 rings (SSSR count). The summed E-state index contributed by atoms with van der Waals surface area (Å²) >= 11 is 0. The number of rotatable bonds is 7. The third kappa shape index (κ3) is 5.36. The van der Waals surface area contributed by atoms with Gasteiger partial charge in [0.25, 0.3) is 0 Å². The molecule has 0 spiro atoms. The molecule has 2 unspecified atom stereocenters. The zero-order chi connectivity index (χ0) is 13.4. The van der Waals surface area contributed by atoms with E-state index in [0.717, 1.165) is 38.4 Å². The second kappa shape index (κ2) is 8.48. The molecule has 0 aromatic rings. The fraction of sp³-hybridized carbons (Fsp3) is 0.929. The van der Waals surface area contributed by atoms with Crippen LogP contribution < -0.4 is 11.1 Å². The predicted octanol–water partition coefficient (Wildman–Crippen LogP) is 1.21. The molecule has 0 radical (unpaired) electrons. The number of likely N-dealkylation sites (tertiary alicyclic amines) is 1. The average Bonchev–Trinajstić information content (AvgIpc) is 2.36. The molecule has 0 bridgehead atoms. The van der Waals surface area contributed by atoms with Crippen LogP contribution in [0.15, 0.2) is 0 Å². The minimum Gasteiger partial charge on any atom is -0.355 e. The summed E-state index contributed by atoms with van der Waals surface area (Å²) in [5.41, 5.74) is 5.41. The minimum atomic E-state index is 0.166. The van der Waals surface area contributed by atoms with Crippen LogP contribution in [0.1, 0.15) is 39.5 Å². The van der Waals surface area contributed by atoms with Gasteiger partial charge in [0, 0.05) is 26.2 Å². The standard InChI is InChI=1S/C14H29N3O/c1-3-5-12(2)10-17-9-4-6-13(11-17)14(18)16-8-7-15/h12-13H,3-11,15H2,1-2H3,(H,16,18). The first-order valence-corrected chi connectivity index (χ1v) is 7.37. The molecule has 1 aliphatic rings. The molecule has 0 saturated carbocycles. The molecule has 0 aromatic heterocycles. The molecule has 4 heteroatoms. The molecule has 3 N–H and O–H groups in total. The summed E-state index contributed by atoms with van der Waals surface area (Å²) < 4.78 is 0. The molecule has 1 amide bonds. The van der Waals surface area contributed by atoms with Gasteiger partial charge >= 0.3 is 0 Å². The zero-order valence-corrected chi connectivity index (χ0v) is 12.0. The highest BCUT2D eigenvalue weighted by Gasteiger charge is 2.25. The number of carbonyl (C=O) groups is 1. The van der Waals surface area contributed by atoms with Gasteiger partial charge in [-0.05, 0) is 31.7 Å². The topological polar surface area (TPSA) is 58.4 Å². The molecule has 0 aliphatic carbocycles. The van der Waals surface area contributed by atoms with Crippen LogP contribution in [0.4, 0.5) is 0 Å². The number of hydrogen-bond acceptors (Lipinski definition) is 3. The maximum absolute atomic E-state index is 11.9. The number of nitrogens with one attached hydrogen (secondary N) is 1. The molecule has 1 fully saturated rings. The van der Waals surface area contributed by atoms with E-state index in [4.69, 9.17) is 5.73 Å². The Kier molecular flexibility index (Phi) is 7.28. The number of carbonyl (C=O) groups excluding carboxylic acids is 1. The van der Waals surface area contributed by atoms with E-state index in [9.17, 15) is 4.79 Å². The highest BCUT2D eigenvalue weighted by Crippen LogP contribution is 2.18. The largest absolute Gasteiger partial charge is 0.355 e. The highest BCUT2D eigenvalue weighted by atomic mass is 16.1. The molecule has 1 saturated heterocycles. The second-order valence-corrected chi connectivity index (χ2v) is 5.57. The molecule has 2 atom stereocenters. The Bertz CT molecular complexity index is 245. The Balaban J connectivity index is 2.33.